The molecule has 0 aromatic heterocycles. The van der Waals surface area contributed by atoms with Crippen LogP contribution in [0.5, 0.6) is 0 Å². The number of amides is 1. The fourth-order valence-corrected chi connectivity index (χ4v) is 3.70. The molecule has 1 unspecified atom stereocenters. The normalized spacial score (nSPS) is 14.7. The molecule has 0 aliphatic heterocycles. The molecular weight excluding hydrogens is 398 g/mol. The molecule has 3 rings (SSSR count). The Morgan fingerprint density at radius 2 is 1.45 bits per heavy atom. The summed E-state index contributed by atoms with van der Waals surface area (Å²) in [4.78, 5) is 36.4. The van der Waals surface area contributed by atoms with Gasteiger partial charge < -0.3 is 19.9 Å². The second kappa shape index (κ2) is 8.41. The number of carboxylic acids is 1. The van der Waals surface area contributed by atoms with Gasteiger partial charge in [0.25, 0.3) is 0 Å². The number of fused-ring (bicyclic) bond motifs is 3. The molecule has 1 amide bonds. The Morgan fingerprint density at radius 3 is 1.94 bits per heavy atom. The van der Waals surface area contributed by atoms with Crippen LogP contribution in [0.2, 0.25) is 0 Å². The van der Waals surface area contributed by atoms with Crippen LogP contribution in [0.25, 0.3) is 11.1 Å². The average Bonchev–Trinajstić information content (AvgIpc) is 2.98. The van der Waals surface area contributed by atoms with E-state index in [0.29, 0.717) is 0 Å². The molecule has 31 heavy (non-hydrogen) atoms. The van der Waals surface area contributed by atoms with Crippen LogP contribution in [-0.2, 0) is 19.1 Å². The molecule has 1 aliphatic carbocycles. The minimum Gasteiger partial charge on any atom is -0.479 e. The van der Waals surface area contributed by atoms with E-state index >= 15 is 0 Å². The van der Waals surface area contributed by atoms with Crippen LogP contribution < -0.4 is 5.32 Å². The van der Waals surface area contributed by atoms with E-state index in [2.05, 4.69) is 5.32 Å². The third-order valence-electron chi connectivity index (χ3n) is 5.11. The first kappa shape index (κ1) is 22.3. The highest BCUT2D eigenvalue weighted by molar-refractivity contribution is 5.89. The Labute approximate surface area is 181 Å². The molecule has 1 atom stereocenters. The lowest BCUT2D eigenvalue weighted by atomic mass is 9.97. The van der Waals surface area contributed by atoms with E-state index in [9.17, 15) is 19.5 Å². The number of alkyl carbamates (subject to hydrolysis) is 1. The largest absolute Gasteiger partial charge is 0.479 e. The Balaban J connectivity index is 1.69. The van der Waals surface area contributed by atoms with Crippen LogP contribution in [0.1, 0.15) is 51.2 Å². The van der Waals surface area contributed by atoms with E-state index in [1.165, 1.54) is 6.92 Å². The fourth-order valence-electron chi connectivity index (χ4n) is 3.70. The van der Waals surface area contributed by atoms with Gasteiger partial charge in [0, 0.05) is 5.92 Å². The number of ether oxygens (including phenoxy) is 2. The highest BCUT2D eigenvalue weighted by Gasteiger charge is 2.40. The summed E-state index contributed by atoms with van der Waals surface area (Å²) < 4.78 is 10.6. The maximum atomic E-state index is 12.5. The minimum atomic E-state index is -1.86. The highest BCUT2D eigenvalue weighted by Crippen LogP contribution is 2.44. The predicted octanol–water partition coefficient (Wildman–Crippen LogP) is 4.10. The standard InChI is InChI=1S/C24H27NO6/c1-23(2,3)31-20(26)13-24(4,21(27)28)25-22(29)30-14-19-17-11-7-5-9-15(17)16-10-6-8-12-18(16)19/h5-12,19H,13-14H2,1-4H3,(H,25,29)(H,27,28). The number of carbonyl (C=O) groups is 3. The van der Waals surface area contributed by atoms with Gasteiger partial charge in [-0.25, -0.2) is 9.59 Å². The molecule has 0 heterocycles. The van der Waals surface area contributed by atoms with E-state index < -0.39 is 35.6 Å². The van der Waals surface area contributed by atoms with Gasteiger partial charge in [-0.3, -0.25) is 4.79 Å². The van der Waals surface area contributed by atoms with Crippen molar-refractivity contribution in [3.05, 3.63) is 59.7 Å². The minimum absolute atomic E-state index is 0.0436. The van der Waals surface area contributed by atoms with Crippen molar-refractivity contribution in [1.29, 1.82) is 0 Å². The topological polar surface area (TPSA) is 102 Å². The second-order valence-electron chi connectivity index (χ2n) is 8.85. The van der Waals surface area contributed by atoms with Gasteiger partial charge in [-0.15, -0.1) is 0 Å². The summed E-state index contributed by atoms with van der Waals surface area (Å²) in [5.74, 6) is -2.23. The van der Waals surface area contributed by atoms with E-state index in [4.69, 9.17) is 9.47 Å². The van der Waals surface area contributed by atoms with Crippen LogP contribution in [0, 0.1) is 0 Å². The number of esters is 1. The molecule has 0 saturated heterocycles. The zero-order valence-electron chi connectivity index (χ0n) is 18.1. The molecule has 0 radical (unpaired) electrons. The number of rotatable bonds is 6. The molecule has 0 spiro atoms. The lowest BCUT2D eigenvalue weighted by Gasteiger charge is -2.27. The van der Waals surface area contributed by atoms with Crippen LogP contribution in [0.4, 0.5) is 4.79 Å². The van der Waals surface area contributed by atoms with Crippen molar-refractivity contribution in [1.82, 2.24) is 5.32 Å². The Bertz CT molecular complexity index is 964. The van der Waals surface area contributed by atoms with Gasteiger partial charge in [0.15, 0.2) is 0 Å². The highest BCUT2D eigenvalue weighted by atomic mass is 16.6. The summed E-state index contributed by atoms with van der Waals surface area (Å²) >= 11 is 0. The Kier molecular flexibility index (Phi) is 6.06. The van der Waals surface area contributed by atoms with Crippen molar-refractivity contribution >= 4 is 18.0 Å². The number of nitrogens with one attached hydrogen (secondary N) is 1. The third-order valence-corrected chi connectivity index (χ3v) is 5.11. The molecule has 164 valence electrons. The van der Waals surface area contributed by atoms with Crippen molar-refractivity contribution in [2.24, 2.45) is 0 Å². The first-order chi connectivity index (χ1) is 14.5. The monoisotopic (exact) mass is 425 g/mol. The van der Waals surface area contributed by atoms with Crippen molar-refractivity contribution < 1.29 is 29.0 Å². The van der Waals surface area contributed by atoms with Gasteiger partial charge in [-0.2, -0.15) is 0 Å². The molecular formula is C24H27NO6. The SMILES string of the molecule is CC(C)(C)OC(=O)CC(C)(NC(=O)OCC1c2ccccc2-c2ccccc21)C(=O)O. The number of hydrogen-bond donors (Lipinski definition) is 2. The molecule has 2 N–H and O–H groups in total. The summed E-state index contributed by atoms with van der Waals surface area (Å²) in [6, 6.07) is 15.8. The smallest absolute Gasteiger partial charge is 0.408 e. The summed E-state index contributed by atoms with van der Waals surface area (Å²) in [5, 5.41) is 11.9. The van der Waals surface area contributed by atoms with Crippen LogP contribution in [0.3, 0.4) is 0 Å². The van der Waals surface area contributed by atoms with Gasteiger partial charge in [0.2, 0.25) is 0 Å². The number of benzene rings is 2. The van der Waals surface area contributed by atoms with E-state index in [1.54, 1.807) is 20.8 Å². The summed E-state index contributed by atoms with van der Waals surface area (Å²) in [7, 11) is 0. The van der Waals surface area contributed by atoms with Crippen LogP contribution in [-0.4, -0.2) is 40.9 Å². The first-order valence-corrected chi connectivity index (χ1v) is 10.1. The zero-order valence-corrected chi connectivity index (χ0v) is 18.1. The van der Waals surface area contributed by atoms with Gasteiger partial charge >= 0.3 is 18.0 Å². The van der Waals surface area contributed by atoms with Gasteiger partial charge in [0.05, 0.1) is 6.42 Å². The van der Waals surface area contributed by atoms with Crippen LogP contribution >= 0.6 is 0 Å². The maximum absolute atomic E-state index is 12.5. The molecule has 0 bridgehead atoms. The zero-order chi connectivity index (χ0) is 22.8. The third kappa shape index (κ3) is 5.05. The van der Waals surface area contributed by atoms with Gasteiger partial charge in [0.1, 0.15) is 17.7 Å². The molecule has 2 aromatic carbocycles. The van der Waals surface area contributed by atoms with Crippen molar-refractivity contribution in [2.75, 3.05) is 6.61 Å². The number of carbonyl (C=O) groups excluding carboxylic acids is 2. The van der Waals surface area contributed by atoms with Gasteiger partial charge in [-0.05, 0) is 49.9 Å². The lowest BCUT2D eigenvalue weighted by Crippen LogP contribution is -2.54. The van der Waals surface area contributed by atoms with E-state index in [0.717, 1.165) is 22.3 Å². The lowest BCUT2D eigenvalue weighted by molar-refractivity contribution is -0.161. The van der Waals surface area contributed by atoms with Crippen molar-refractivity contribution in [3.8, 4) is 11.1 Å². The van der Waals surface area contributed by atoms with Crippen molar-refractivity contribution in [3.63, 3.8) is 0 Å². The fraction of sp³-hybridized carbons (Fsp3) is 0.375. The van der Waals surface area contributed by atoms with Gasteiger partial charge in [-0.1, -0.05) is 48.5 Å². The van der Waals surface area contributed by atoms with Crippen LogP contribution in [0.15, 0.2) is 48.5 Å². The maximum Gasteiger partial charge on any atom is 0.408 e. The molecule has 1 aliphatic rings. The summed E-state index contributed by atoms with van der Waals surface area (Å²) in [6.07, 6.45) is -1.43. The van der Waals surface area contributed by atoms with E-state index in [1.807, 2.05) is 48.5 Å². The molecule has 7 heteroatoms. The van der Waals surface area contributed by atoms with E-state index in [-0.39, 0.29) is 12.5 Å². The predicted molar refractivity (Wildman–Crippen MR) is 115 cm³/mol. The quantitative estimate of drug-likeness (QED) is 0.676. The number of aliphatic carboxylic acids is 1. The molecule has 0 fully saturated rings. The molecule has 2 aromatic rings. The Morgan fingerprint density at radius 1 is 0.935 bits per heavy atom. The van der Waals surface area contributed by atoms with Crippen molar-refractivity contribution in [2.45, 2.75) is 51.2 Å². The summed E-state index contributed by atoms with van der Waals surface area (Å²) in [6.45, 7) is 6.34. The number of carboxylic acid groups (broad SMARTS) is 1. The Hall–Kier alpha value is -3.35. The first-order valence-electron chi connectivity index (χ1n) is 10.1. The molecule has 7 nitrogen and oxygen atoms in total. The average molecular weight is 425 g/mol. The number of hydrogen-bond acceptors (Lipinski definition) is 5. The molecule has 0 saturated carbocycles. The second-order valence-corrected chi connectivity index (χ2v) is 8.85. The summed E-state index contributed by atoms with van der Waals surface area (Å²) in [5.41, 5.74) is 1.66.